The standard InChI is InChI=1S/C14H14F3N3S/c15-14(16,17)21-13-4-2-1-3-12(13)19-8-11-7-18-9-20(11)10-5-6-10/h1-4,7,9-10,19H,5-6,8H2. The molecule has 1 heterocycles. The Labute approximate surface area is 124 Å². The first kappa shape index (κ1) is 14.3. The van der Waals surface area contributed by atoms with Gasteiger partial charge >= 0.3 is 5.51 Å². The average Bonchev–Trinajstić information content (AvgIpc) is 3.15. The van der Waals surface area contributed by atoms with E-state index < -0.39 is 5.51 Å². The summed E-state index contributed by atoms with van der Waals surface area (Å²) in [4.78, 5) is 4.30. The Kier molecular flexibility index (Phi) is 3.84. The molecular formula is C14H14F3N3S. The molecular weight excluding hydrogens is 299 g/mol. The molecule has 21 heavy (non-hydrogen) atoms. The van der Waals surface area contributed by atoms with Crippen LogP contribution >= 0.6 is 11.8 Å². The molecule has 1 N–H and O–H groups in total. The predicted octanol–water partition coefficient (Wildman–Crippen LogP) is 4.44. The van der Waals surface area contributed by atoms with Crippen LogP contribution in [0.5, 0.6) is 0 Å². The molecule has 1 aliphatic rings. The molecule has 112 valence electrons. The van der Waals surface area contributed by atoms with Crippen molar-refractivity contribution in [1.29, 1.82) is 0 Å². The second-order valence-electron chi connectivity index (χ2n) is 4.92. The van der Waals surface area contributed by atoms with Crippen LogP contribution < -0.4 is 5.32 Å². The van der Waals surface area contributed by atoms with Gasteiger partial charge in [0.25, 0.3) is 0 Å². The Morgan fingerprint density at radius 3 is 2.76 bits per heavy atom. The summed E-state index contributed by atoms with van der Waals surface area (Å²) >= 11 is -0.0975. The SMILES string of the molecule is FC(F)(F)Sc1ccccc1NCc1cncn1C1CC1. The van der Waals surface area contributed by atoms with Crippen molar-refractivity contribution in [2.45, 2.75) is 35.8 Å². The monoisotopic (exact) mass is 313 g/mol. The molecule has 0 saturated heterocycles. The highest BCUT2D eigenvalue weighted by Crippen LogP contribution is 2.40. The molecule has 0 bridgehead atoms. The van der Waals surface area contributed by atoms with Crippen molar-refractivity contribution in [3.8, 4) is 0 Å². The van der Waals surface area contributed by atoms with E-state index in [0.29, 0.717) is 18.3 Å². The molecule has 0 atom stereocenters. The van der Waals surface area contributed by atoms with Gasteiger partial charge in [-0.1, -0.05) is 12.1 Å². The molecule has 1 aromatic heterocycles. The summed E-state index contributed by atoms with van der Waals surface area (Å²) in [5, 5.41) is 3.08. The van der Waals surface area contributed by atoms with Crippen molar-refractivity contribution >= 4 is 17.4 Å². The van der Waals surface area contributed by atoms with Crippen molar-refractivity contribution in [3.05, 3.63) is 42.5 Å². The van der Waals surface area contributed by atoms with Gasteiger partial charge in [0.2, 0.25) is 0 Å². The third-order valence-corrected chi connectivity index (χ3v) is 4.07. The highest BCUT2D eigenvalue weighted by atomic mass is 32.2. The topological polar surface area (TPSA) is 29.9 Å². The van der Waals surface area contributed by atoms with Crippen molar-refractivity contribution in [2.75, 3.05) is 5.32 Å². The van der Waals surface area contributed by atoms with Gasteiger partial charge in [-0.2, -0.15) is 13.2 Å². The van der Waals surface area contributed by atoms with E-state index in [-0.39, 0.29) is 16.7 Å². The maximum absolute atomic E-state index is 12.5. The van der Waals surface area contributed by atoms with Crippen molar-refractivity contribution in [3.63, 3.8) is 0 Å². The Bertz CT molecular complexity index is 620. The van der Waals surface area contributed by atoms with Crippen LogP contribution in [0, 0.1) is 0 Å². The lowest BCUT2D eigenvalue weighted by molar-refractivity contribution is -0.0327. The number of rotatable bonds is 5. The molecule has 3 rings (SSSR count). The number of alkyl halides is 3. The lowest BCUT2D eigenvalue weighted by atomic mass is 10.3. The molecule has 3 nitrogen and oxygen atoms in total. The Balaban J connectivity index is 1.71. The van der Waals surface area contributed by atoms with Crippen molar-refractivity contribution in [1.82, 2.24) is 9.55 Å². The van der Waals surface area contributed by atoms with Crippen LogP contribution in [0.3, 0.4) is 0 Å². The first-order chi connectivity index (χ1) is 10.0. The zero-order chi connectivity index (χ0) is 14.9. The third kappa shape index (κ3) is 3.72. The van der Waals surface area contributed by atoms with E-state index in [4.69, 9.17) is 0 Å². The number of halogens is 3. The molecule has 0 amide bonds. The molecule has 0 unspecified atom stereocenters. The fraction of sp³-hybridized carbons (Fsp3) is 0.357. The summed E-state index contributed by atoms with van der Waals surface area (Å²) in [7, 11) is 0. The number of benzene rings is 1. The van der Waals surface area contributed by atoms with Crippen LogP contribution in [-0.2, 0) is 6.54 Å². The summed E-state index contributed by atoms with van der Waals surface area (Å²) in [5.74, 6) is 0. The van der Waals surface area contributed by atoms with Gasteiger partial charge in [-0.05, 0) is 36.7 Å². The normalized spacial score (nSPS) is 15.2. The zero-order valence-electron chi connectivity index (χ0n) is 11.1. The van der Waals surface area contributed by atoms with Crippen molar-refractivity contribution in [2.24, 2.45) is 0 Å². The maximum Gasteiger partial charge on any atom is 0.446 e. The third-order valence-electron chi connectivity index (χ3n) is 3.26. The second kappa shape index (κ2) is 5.63. The molecule has 1 saturated carbocycles. The van der Waals surface area contributed by atoms with E-state index in [1.54, 1.807) is 30.7 Å². The second-order valence-corrected chi connectivity index (χ2v) is 6.03. The number of hydrogen-bond donors (Lipinski definition) is 1. The van der Waals surface area contributed by atoms with Gasteiger partial charge in [0.05, 0.1) is 18.6 Å². The maximum atomic E-state index is 12.5. The number of aromatic nitrogens is 2. The number of thioether (sulfide) groups is 1. The van der Waals surface area contributed by atoms with Crippen LogP contribution in [-0.4, -0.2) is 15.1 Å². The zero-order valence-corrected chi connectivity index (χ0v) is 11.9. The van der Waals surface area contributed by atoms with Gasteiger partial charge in [-0.25, -0.2) is 4.98 Å². The summed E-state index contributed by atoms with van der Waals surface area (Å²) in [6, 6.07) is 6.96. The first-order valence-electron chi connectivity index (χ1n) is 6.62. The van der Waals surface area contributed by atoms with E-state index >= 15 is 0 Å². The van der Waals surface area contributed by atoms with Crippen LogP contribution in [0.4, 0.5) is 18.9 Å². The Morgan fingerprint density at radius 2 is 2.05 bits per heavy atom. The first-order valence-corrected chi connectivity index (χ1v) is 7.44. The van der Waals surface area contributed by atoms with Crippen molar-refractivity contribution < 1.29 is 13.2 Å². The fourth-order valence-electron chi connectivity index (χ4n) is 2.16. The van der Waals surface area contributed by atoms with E-state index in [2.05, 4.69) is 14.9 Å². The molecule has 0 aliphatic heterocycles. The van der Waals surface area contributed by atoms with Gasteiger partial charge in [-0.15, -0.1) is 0 Å². The van der Waals surface area contributed by atoms with E-state index in [1.807, 2.05) is 0 Å². The molecule has 0 radical (unpaired) electrons. The number of nitrogens with zero attached hydrogens (tertiary/aromatic N) is 2. The number of nitrogens with one attached hydrogen (secondary N) is 1. The predicted molar refractivity (Wildman–Crippen MR) is 76.2 cm³/mol. The molecule has 1 aliphatic carbocycles. The highest BCUT2D eigenvalue weighted by molar-refractivity contribution is 8.00. The van der Waals surface area contributed by atoms with Gasteiger partial charge in [0.15, 0.2) is 0 Å². The average molecular weight is 313 g/mol. The summed E-state index contributed by atoms with van der Waals surface area (Å²) in [6.07, 6.45) is 5.82. The summed E-state index contributed by atoms with van der Waals surface area (Å²) in [6.45, 7) is 0.464. The largest absolute Gasteiger partial charge is 0.446 e. The number of hydrogen-bond acceptors (Lipinski definition) is 3. The minimum absolute atomic E-state index is 0.0975. The van der Waals surface area contributed by atoms with Gasteiger partial charge < -0.3 is 9.88 Å². The minimum Gasteiger partial charge on any atom is -0.378 e. The minimum atomic E-state index is -4.28. The van der Waals surface area contributed by atoms with Crippen LogP contribution in [0.2, 0.25) is 0 Å². The molecule has 2 aromatic rings. The van der Waals surface area contributed by atoms with Gasteiger partial charge in [0, 0.05) is 22.8 Å². The lowest BCUT2D eigenvalue weighted by Gasteiger charge is -2.13. The van der Waals surface area contributed by atoms with Gasteiger partial charge in [0.1, 0.15) is 0 Å². The number of para-hydroxylation sites is 1. The van der Waals surface area contributed by atoms with Crippen LogP contribution in [0.1, 0.15) is 24.6 Å². The molecule has 1 fully saturated rings. The number of anilines is 1. The molecule has 1 aromatic carbocycles. The smallest absolute Gasteiger partial charge is 0.378 e. The highest BCUT2D eigenvalue weighted by Gasteiger charge is 2.30. The van der Waals surface area contributed by atoms with Crippen LogP contribution in [0.25, 0.3) is 0 Å². The summed E-state index contributed by atoms with van der Waals surface area (Å²) < 4.78 is 39.7. The Morgan fingerprint density at radius 1 is 1.29 bits per heavy atom. The summed E-state index contributed by atoms with van der Waals surface area (Å²) in [5.41, 5.74) is -2.80. The van der Waals surface area contributed by atoms with E-state index in [1.165, 1.54) is 6.07 Å². The quantitative estimate of drug-likeness (QED) is 0.828. The van der Waals surface area contributed by atoms with E-state index in [9.17, 15) is 13.2 Å². The molecule has 7 heteroatoms. The number of imidazole rings is 1. The molecule has 0 spiro atoms. The lowest BCUT2D eigenvalue weighted by Crippen LogP contribution is -2.07. The van der Waals surface area contributed by atoms with Crippen LogP contribution in [0.15, 0.2) is 41.7 Å². The fourth-order valence-corrected chi connectivity index (χ4v) is 2.81. The van der Waals surface area contributed by atoms with Gasteiger partial charge in [-0.3, -0.25) is 0 Å². The Hall–Kier alpha value is -1.63. The van der Waals surface area contributed by atoms with E-state index in [0.717, 1.165) is 18.5 Å².